The Kier molecular flexibility index (Phi) is 6.01. The first-order chi connectivity index (χ1) is 13.8. The molecule has 0 spiro atoms. The number of carbonyl (C=O) groups excluding carboxylic acids is 1. The van der Waals surface area contributed by atoms with Crippen molar-refractivity contribution in [3.63, 3.8) is 0 Å². The third-order valence-electron chi connectivity index (χ3n) is 4.82. The largest absolute Gasteiger partial charge is 0.419 e. The maximum absolute atomic E-state index is 13.9. The van der Waals surface area contributed by atoms with Crippen LogP contribution in [0.15, 0.2) is 42.6 Å². The molecule has 1 aromatic heterocycles. The number of benzene rings is 1. The summed E-state index contributed by atoms with van der Waals surface area (Å²) < 4.78 is 53.8. The average molecular weight is 406 g/mol. The van der Waals surface area contributed by atoms with Gasteiger partial charge in [0.25, 0.3) is 0 Å². The molecule has 0 aliphatic carbocycles. The zero-order valence-electron chi connectivity index (χ0n) is 15.3. The molecule has 1 aliphatic rings. The van der Waals surface area contributed by atoms with Crippen LogP contribution in [-0.2, 0) is 11.0 Å². The molecule has 0 saturated carbocycles. The van der Waals surface area contributed by atoms with Gasteiger partial charge < -0.3 is 10.2 Å². The van der Waals surface area contributed by atoms with Crippen molar-refractivity contribution in [3.05, 3.63) is 59.5 Å². The molecule has 0 radical (unpaired) electrons. The Bertz CT molecular complexity index is 925. The number of hydrogen-bond donors (Lipinski definition) is 1. The molecule has 1 aromatic carbocycles. The number of aromatic nitrogens is 1. The van der Waals surface area contributed by atoms with E-state index in [0.717, 1.165) is 6.07 Å². The molecule has 5 nitrogen and oxygen atoms in total. The number of hydrogen-bond acceptors (Lipinski definition) is 4. The van der Waals surface area contributed by atoms with E-state index >= 15 is 0 Å². The van der Waals surface area contributed by atoms with E-state index in [-0.39, 0.29) is 17.9 Å². The second-order valence-electron chi connectivity index (χ2n) is 6.75. The molecule has 0 bridgehead atoms. The Morgan fingerprint density at radius 3 is 2.72 bits per heavy atom. The Balaban J connectivity index is 1.75. The van der Waals surface area contributed by atoms with E-state index in [1.54, 1.807) is 6.07 Å². The van der Waals surface area contributed by atoms with E-state index in [9.17, 15) is 27.6 Å². The van der Waals surface area contributed by atoms with Crippen LogP contribution in [0.3, 0.4) is 0 Å². The molecule has 2 aromatic rings. The molecular weight excluding hydrogens is 388 g/mol. The summed E-state index contributed by atoms with van der Waals surface area (Å²) in [6, 6.07) is 8.46. The smallest absolute Gasteiger partial charge is 0.355 e. The summed E-state index contributed by atoms with van der Waals surface area (Å²) in [4.78, 5) is 18.0. The van der Waals surface area contributed by atoms with Gasteiger partial charge in [-0.05, 0) is 31.0 Å². The van der Waals surface area contributed by atoms with Crippen molar-refractivity contribution < 1.29 is 22.4 Å². The fourth-order valence-electron chi connectivity index (χ4n) is 3.40. The first-order valence-electron chi connectivity index (χ1n) is 9.03. The number of pyridine rings is 1. The molecule has 1 saturated heterocycles. The highest BCUT2D eigenvalue weighted by Crippen LogP contribution is 2.36. The summed E-state index contributed by atoms with van der Waals surface area (Å²) in [6.07, 6.45) is -2.34. The van der Waals surface area contributed by atoms with Crippen LogP contribution in [0.25, 0.3) is 0 Å². The van der Waals surface area contributed by atoms with E-state index in [2.05, 4.69) is 10.3 Å². The van der Waals surface area contributed by atoms with Crippen LogP contribution < -0.4 is 10.2 Å². The number of nitrogens with one attached hydrogen (secondary N) is 1. The summed E-state index contributed by atoms with van der Waals surface area (Å²) in [7, 11) is 0. The first-order valence-corrected chi connectivity index (χ1v) is 9.03. The average Bonchev–Trinajstić information content (AvgIpc) is 2.72. The highest BCUT2D eigenvalue weighted by atomic mass is 19.4. The van der Waals surface area contributed by atoms with Gasteiger partial charge in [-0.2, -0.15) is 18.4 Å². The van der Waals surface area contributed by atoms with Crippen LogP contribution in [-0.4, -0.2) is 24.0 Å². The van der Waals surface area contributed by atoms with Crippen molar-refractivity contribution in [2.45, 2.75) is 25.1 Å². The fraction of sp³-hybridized carbons (Fsp3) is 0.350. The minimum atomic E-state index is -4.56. The highest BCUT2D eigenvalue weighted by Gasteiger charge is 2.37. The Morgan fingerprint density at radius 2 is 2.03 bits per heavy atom. The van der Waals surface area contributed by atoms with Crippen LogP contribution in [0.1, 0.15) is 30.0 Å². The summed E-state index contributed by atoms with van der Waals surface area (Å²) >= 11 is 0. The summed E-state index contributed by atoms with van der Waals surface area (Å²) in [6.45, 7) is 0.361. The summed E-state index contributed by atoms with van der Waals surface area (Å²) in [5.41, 5.74) is -0.817. The van der Waals surface area contributed by atoms with Crippen LogP contribution in [0.5, 0.6) is 0 Å². The van der Waals surface area contributed by atoms with Crippen LogP contribution in [0, 0.1) is 23.1 Å². The lowest BCUT2D eigenvalue weighted by atomic mass is 9.95. The molecule has 1 amide bonds. The normalized spacial score (nSPS) is 18.0. The standard InChI is InChI=1S/C20H18F4N4O/c21-16-8-2-1-6-14(16)17(11-25)27-19(29)13-5-4-10-28(12-13)18-15(20(22,23)24)7-3-9-26-18/h1-3,6-9,13,17H,4-5,10,12H2,(H,27,29). The summed E-state index contributed by atoms with van der Waals surface area (Å²) in [5.74, 6) is -1.99. The van der Waals surface area contributed by atoms with Gasteiger partial charge in [0.1, 0.15) is 17.7 Å². The highest BCUT2D eigenvalue weighted by molar-refractivity contribution is 5.80. The van der Waals surface area contributed by atoms with Gasteiger partial charge in [0, 0.05) is 24.8 Å². The molecule has 1 fully saturated rings. The van der Waals surface area contributed by atoms with E-state index in [1.807, 2.05) is 6.07 Å². The molecule has 2 atom stereocenters. The fourth-order valence-corrected chi connectivity index (χ4v) is 3.40. The number of nitriles is 1. The quantitative estimate of drug-likeness (QED) is 0.784. The molecule has 29 heavy (non-hydrogen) atoms. The Morgan fingerprint density at radius 1 is 1.28 bits per heavy atom. The topological polar surface area (TPSA) is 69.0 Å². The Hall–Kier alpha value is -3.15. The van der Waals surface area contributed by atoms with Crippen molar-refractivity contribution in [2.24, 2.45) is 5.92 Å². The number of piperidine rings is 1. The predicted molar refractivity (Wildman–Crippen MR) is 97.1 cm³/mol. The van der Waals surface area contributed by atoms with Gasteiger partial charge in [0.05, 0.1) is 17.6 Å². The zero-order valence-corrected chi connectivity index (χ0v) is 15.3. The number of alkyl halides is 3. The predicted octanol–water partition coefficient (Wildman–Crippen LogP) is 3.84. The van der Waals surface area contributed by atoms with Crippen molar-refractivity contribution >= 4 is 11.7 Å². The van der Waals surface area contributed by atoms with Gasteiger partial charge in [-0.1, -0.05) is 18.2 Å². The SMILES string of the molecule is N#CC(NC(=O)C1CCCN(c2ncccc2C(F)(F)F)C1)c1ccccc1F. The first kappa shape index (κ1) is 20.6. The van der Waals surface area contributed by atoms with Gasteiger partial charge in [0.15, 0.2) is 0 Å². The minimum absolute atomic E-state index is 0.0291. The van der Waals surface area contributed by atoms with Crippen molar-refractivity contribution in [3.8, 4) is 6.07 Å². The lowest BCUT2D eigenvalue weighted by Crippen LogP contribution is -2.44. The van der Waals surface area contributed by atoms with Gasteiger partial charge >= 0.3 is 6.18 Å². The number of rotatable bonds is 4. The molecule has 2 unspecified atom stereocenters. The van der Waals surface area contributed by atoms with Gasteiger partial charge in [-0.25, -0.2) is 9.37 Å². The monoisotopic (exact) mass is 406 g/mol. The number of amides is 1. The lowest BCUT2D eigenvalue weighted by molar-refractivity contribution is -0.137. The van der Waals surface area contributed by atoms with Crippen LogP contribution in [0.4, 0.5) is 23.4 Å². The third kappa shape index (κ3) is 4.65. The van der Waals surface area contributed by atoms with E-state index < -0.39 is 35.4 Å². The number of halogens is 4. The molecule has 2 heterocycles. The van der Waals surface area contributed by atoms with E-state index in [4.69, 9.17) is 0 Å². The second kappa shape index (κ2) is 8.47. The number of carbonyl (C=O) groups is 1. The molecule has 152 valence electrons. The Labute approximate surface area is 165 Å². The van der Waals surface area contributed by atoms with Crippen molar-refractivity contribution in [2.75, 3.05) is 18.0 Å². The maximum Gasteiger partial charge on any atom is 0.419 e. The second-order valence-corrected chi connectivity index (χ2v) is 6.75. The van der Waals surface area contributed by atoms with Crippen LogP contribution >= 0.6 is 0 Å². The number of nitrogens with zero attached hydrogens (tertiary/aromatic N) is 3. The van der Waals surface area contributed by atoms with Gasteiger partial charge in [0.2, 0.25) is 5.91 Å². The van der Waals surface area contributed by atoms with Crippen molar-refractivity contribution in [1.82, 2.24) is 10.3 Å². The van der Waals surface area contributed by atoms with Crippen molar-refractivity contribution in [1.29, 1.82) is 5.26 Å². The van der Waals surface area contributed by atoms with Crippen LogP contribution in [0.2, 0.25) is 0 Å². The summed E-state index contributed by atoms with van der Waals surface area (Å²) in [5, 5.41) is 11.8. The molecular formula is C20H18F4N4O. The molecule has 3 rings (SSSR count). The van der Waals surface area contributed by atoms with E-state index in [1.165, 1.54) is 35.4 Å². The zero-order chi connectivity index (χ0) is 21.0. The van der Waals surface area contributed by atoms with Gasteiger partial charge in [-0.15, -0.1) is 0 Å². The van der Waals surface area contributed by atoms with E-state index in [0.29, 0.717) is 19.4 Å². The lowest BCUT2D eigenvalue weighted by Gasteiger charge is -2.34. The molecule has 1 N–H and O–H groups in total. The molecule has 9 heteroatoms. The number of anilines is 1. The van der Waals surface area contributed by atoms with Gasteiger partial charge in [-0.3, -0.25) is 4.79 Å². The minimum Gasteiger partial charge on any atom is -0.355 e. The molecule has 1 aliphatic heterocycles. The maximum atomic E-state index is 13.9. The third-order valence-corrected chi connectivity index (χ3v) is 4.82.